The summed E-state index contributed by atoms with van der Waals surface area (Å²) >= 11 is 0. The standard InChI is InChI=1S/2CH4.BH4.3B.2ClH.4H3N.2Na.2H/h3*1H4;;;;2*1H;4*1H3;;;;/q;;-1;;;;;;;;;;2*+1;2*-1. The van der Waals surface area contributed by atoms with Crippen molar-refractivity contribution in [3.05, 3.63) is 0 Å². The van der Waals surface area contributed by atoms with Crippen molar-refractivity contribution in [1.29, 1.82) is 0 Å². The molecule has 0 spiro atoms. The van der Waals surface area contributed by atoms with Crippen LogP contribution in [0.4, 0.5) is 0 Å². The van der Waals surface area contributed by atoms with Gasteiger partial charge in [0.1, 0.15) is 0 Å². The maximum absolute atomic E-state index is 0. The molecule has 0 rings (SSSR count). The maximum Gasteiger partial charge on any atom is 1.00 e. The van der Waals surface area contributed by atoms with Gasteiger partial charge in [-0.15, -0.1) is 12.4 Å². The Labute approximate surface area is 158 Å². The van der Waals surface area contributed by atoms with Gasteiger partial charge >= 0.3 is 59.1 Å². The quantitative estimate of drug-likeness (QED) is 0.324. The fourth-order valence-electron chi connectivity index (χ4n) is 0. The van der Waals surface area contributed by atoms with Crippen molar-refractivity contribution in [2.45, 2.75) is 14.9 Å². The van der Waals surface area contributed by atoms with Crippen LogP contribution in [-0.4, -0.2) is 33.7 Å². The molecular weight excluding hydrogens is 240 g/mol. The van der Waals surface area contributed by atoms with E-state index in [0.717, 1.165) is 0 Å². The van der Waals surface area contributed by atoms with Crippen LogP contribution >= 0.6 is 12.4 Å². The topological polar surface area (TPSA) is 142 Å². The smallest absolute Gasteiger partial charge is 1.00 e. The van der Waals surface area contributed by atoms with Crippen molar-refractivity contribution in [1.82, 2.24) is 24.6 Å². The number of hydrogen-bond donors (Lipinski definition) is 4. The number of halogens is 2. The second-order valence-corrected chi connectivity index (χ2v) is 0. The van der Waals surface area contributed by atoms with E-state index in [-0.39, 0.29) is 160 Å². The summed E-state index contributed by atoms with van der Waals surface area (Å²) in [6.45, 7) is 0. The molecule has 85 valence electrons. The molecule has 0 bridgehead atoms. The van der Waals surface area contributed by atoms with Crippen molar-refractivity contribution >= 4 is 46.1 Å². The van der Waals surface area contributed by atoms with Gasteiger partial charge in [0.05, 0.1) is 0 Å². The molecule has 4 nitrogen and oxygen atoms in total. The minimum Gasteiger partial charge on any atom is -1.00 e. The van der Waals surface area contributed by atoms with E-state index in [1.807, 2.05) is 0 Å². The maximum atomic E-state index is 0. The summed E-state index contributed by atoms with van der Waals surface area (Å²) in [5.74, 6) is 0. The zero-order chi connectivity index (χ0) is 0. The molecule has 0 atom stereocenters. The van der Waals surface area contributed by atoms with E-state index in [0.29, 0.717) is 0 Å². The average molecular weight is 268 g/mol. The van der Waals surface area contributed by atoms with E-state index in [9.17, 15) is 0 Å². The van der Waals surface area contributed by atoms with E-state index in [1.165, 1.54) is 0 Å². The molecule has 0 saturated carbocycles. The Morgan fingerprint density at radius 1 is 0.643 bits per heavy atom. The normalized spacial score (nSPS) is 0. The fraction of sp³-hybridized carbons (Fsp3) is 1.00. The number of hydrogen-bond acceptors (Lipinski definition) is 3. The predicted octanol–water partition coefficient (Wildman–Crippen LogP) is -8.80. The van der Waals surface area contributed by atoms with Crippen LogP contribution in [0.5, 0.6) is 0 Å². The van der Waals surface area contributed by atoms with E-state index >= 15 is 0 Å². The second kappa shape index (κ2) is 471. The molecule has 0 aromatic carbocycles. The van der Waals surface area contributed by atoms with Gasteiger partial charge in [-0.2, -0.15) is 0 Å². The summed E-state index contributed by atoms with van der Waals surface area (Å²) in [6.07, 6.45) is 0. The van der Waals surface area contributed by atoms with Gasteiger partial charge in [0.25, 0.3) is 0 Å². The monoisotopic (exact) mass is 268 g/mol. The van der Waals surface area contributed by atoms with Crippen LogP contribution in [-0.2, 0) is 0 Å². The van der Waals surface area contributed by atoms with Crippen LogP contribution in [0, 0.1) is 0 Å². The zero-order valence-corrected chi connectivity index (χ0v) is 13.2. The van der Waals surface area contributed by atoms with Crippen LogP contribution in [0.3, 0.4) is 0 Å². The molecule has 0 aliphatic heterocycles. The third kappa shape index (κ3) is 383. The van der Waals surface area contributed by atoms with E-state index < -0.39 is 0 Å². The molecule has 13 N–H and O–H groups in total. The van der Waals surface area contributed by atoms with Crippen molar-refractivity contribution in [2.24, 2.45) is 0 Å². The molecule has 0 unspecified atom stereocenters. The molecule has 0 aromatic heterocycles. The summed E-state index contributed by atoms with van der Waals surface area (Å²) in [6, 6.07) is 0. The molecule has 0 heterocycles. The molecule has 0 aliphatic carbocycles. The minimum absolute atomic E-state index is 0. The summed E-state index contributed by atoms with van der Waals surface area (Å²) in [5.41, 5.74) is 0. The predicted molar refractivity (Wildman–Crippen MR) is 72.6 cm³/mol. The first-order valence-corrected chi connectivity index (χ1v) is 0. The van der Waals surface area contributed by atoms with Gasteiger partial charge in [-0.25, -0.2) is 0 Å². The number of rotatable bonds is 0. The van der Waals surface area contributed by atoms with Gasteiger partial charge in [0, 0.05) is 25.2 Å². The molecule has 0 amide bonds. The van der Waals surface area contributed by atoms with Crippen molar-refractivity contribution in [2.75, 3.05) is 0 Å². The Balaban J connectivity index is 0. The van der Waals surface area contributed by atoms with Crippen LogP contribution in [0.2, 0.25) is 0 Å². The van der Waals surface area contributed by atoms with Crippen LogP contribution in [0.15, 0.2) is 0 Å². The third-order valence-electron chi connectivity index (χ3n) is 0. The summed E-state index contributed by atoms with van der Waals surface area (Å²) < 4.78 is 0. The van der Waals surface area contributed by atoms with Crippen LogP contribution < -0.4 is 96.1 Å². The average Bonchev–Trinajstić information content (AvgIpc) is 0. The molecular formula is C2H28B4Cl2N4Na2-. The first-order chi connectivity index (χ1) is 0. The van der Waals surface area contributed by atoms with Crippen molar-refractivity contribution < 1.29 is 74.4 Å². The van der Waals surface area contributed by atoms with Crippen molar-refractivity contribution in [3.8, 4) is 0 Å². The first kappa shape index (κ1) is 571. The molecule has 0 saturated heterocycles. The Morgan fingerprint density at radius 3 is 0.643 bits per heavy atom. The number of quaternary nitrogens is 1. The first-order valence-electron chi connectivity index (χ1n) is 0. The molecule has 0 aliphatic rings. The SMILES string of the molecule is C.C.Cl.N.N.N.[BH4-].[B].[B].[B].[Cl-].[H-].[H-].[NH4+].[Na+].[Na+]. The largest absolute Gasteiger partial charge is 1.00 e. The molecule has 9 radical (unpaired) electrons. The van der Waals surface area contributed by atoms with E-state index in [2.05, 4.69) is 0 Å². The van der Waals surface area contributed by atoms with Gasteiger partial charge in [-0.3, -0.25) is 0 Å². The van der Waals surface area contributed by atoms with E-state index in [1.54, 1.807) is 0 Å². The fourth-order valence-corrected chi connectivity index (χ4v) is 0. The third-order valence-corrected chi connectivity index (χ3v) is 0. The van der Waals surface area contributed by atoms with Gasteiger partial charge in [0.2, 0.25) is 0 Å². The zero-order valence-electron chi connectivity index (χ0n) is 9.64. The Morgan fingerprint density at radius 2 is 0.643 bits per heavy atom. The Kier molecular flexibility index (Phi) is 19200. The van der Waals surface area contributed by atoms with Gasteiger partial charge in [-0.05, 0) is 0 Å². The molecule has 0 fully saturated rings. The van der Waals surface area contributed by atoms with Crippen LogP contribution in [0.25, 0.3) is 0 Å². The minimum atomic E-state index is 0. The van der Waals surface area contributed by atoms with Gasteiger partial charge in [0.15, 0.2) is 0 Å². The summed E-state index contributed by atoms with van der Waals surface area (Å²) in [4.78, 5) is 0. The summed E-state index contributed by atoms with van der Waals surface area (Å²) in [7, 11) is 0. The molecule has 12 heteroatoms. The second-order valence-electron chi connectivity index (χ2n) is 0. The molecule has 0 aromatic rings. The Hall–Kier alpha value is 2.68. The molecule has 14 heavy (non-hydrogen) atoms. The van der Waals surface area contributed by atoms with Gasteiger partial charge < -0.3 is 39.9 Å². The van der Waals surface area contributed by atoms with Crippen molar-refractivity contribution in [3.63, 3.8) is 0 Å². The van der Waals surface area contributed by atoms with E-state index in [4.69, 9.17) is 0 Å². The van der Waals surface area contributed by atoms with Gasteiger partial charge in [-0.1, -0.05) is 23.3 Å². The van der Waals surface area contributed by atoms with Crippen LogP contribution in [0.1, 0.15) is 17.7 Å². The summed E-state index contributed by atoms with van der Waals surface area (Å²) in [5, 5.41) is 0. The Bertz CT molecular complexity index is 40.0.